The van der Waals surface area contributed by atoms with E-state index in [1.165, 1.54) is 0 Å². The fourth-order valence-electron chi connectivity index (χ4n) is 0.778. The monoisotopic (exact) mass is 282 g/mol. The molecule has 0 bridgehead atoms. The zero-order chi connectivity index (χ0) is 8.27. The molecular formula is C8H9KO3Zr. The van der Waals surface area contributed by atoms with E-state index in [0.29, 0.717) is 5.56 Å². The molecule has 1 aromatic carbocycles. The second kappa shape index (κ2) is 8.48. The molecule has 1 atom stereocenters. The molecule has 2 N–H and O–H groups in total. The van der Waals surface area contributed by atoms with Crippen LogP contribution in [0.15, 0.2) is 30.3 Å². The van der Waals surface area contributed by atoms with Gasteiger partial charge < -0.3 is 11.6 Å². The molecule has 0 fully saturated rings. The van der Waals surface area contributed by atoms with Crippen LogP contribution in [0.4, 0.5) is 0 Å². The first-order valence-electron chi connectivity index (χ1n) is 3.17. The largest absolute Gasteiger partial charge is 1.00 e. The molecule has 1 rings (SSSR count). The first kappa shape index (κ1) is 16.6. The zero-order valence-electron chi connectivity index (χ0n) is 8.27. The SMILES string of the molecule is O=C(O)C(O)c1ccccc1.[H-].[K+].[Zr]. The Morgan fingerprint density at radius 2 is 1.77 bits per heavy atom. The molecule has 0 aliphatic rings. The van der Waals surface area contributed by atoms with Gasteiger partial charge in [0.2, 0.25) is 0 Å². The van der Waals surface area contributed by atoms with Gasteiger partial charge >= 0.3 is 57.4 Å². The third-order valence-corrected chi connectivity index (χ3v) is 1.35. The first-order valence-corrected chi connectivity index (χ1v) is 3.17. The predicted octanol–water partition coefficient (Wildman–Crippen LogP) is -2.08. The summed E-state index contributed by atoms with van der Waals surface area (Å²) in [5.41, 5.74) is 0.403. The van der Waals surface area contributed by atoms with Gasteiger partial charge in [-0.2, -0.15) is 0 Å². The Kier molecular flexibility index (Phi) is 10.8. The number of hydrogen-bond donors (Lipinski definition) is 2. The van der Waals surface area contributed by atoms with Crippen molar-refractivity contribution in [3.63, 3.8) is 0 Å². The number of rotatable bonds is 2. The first-order chi connectivity index (χ1) is 5.22. The number of carboxylic acid groups (broad SMARTS) is 1. The summed E-state index contributed by atoms with van der Waals surface area (Å²) in [4.78, 5) is 10.2. The number of benzene rings is 1. The summed E-state index contributed by atoms with van der Waals surface area (Å²) >= 11 is 0. The van der Waals surface area contributed by atoms with Gasteiger partial charge in [-0.3, -0.25) is 0 Å². The Hall–Kier alpha value is 1.17. The van der Waals surface area contributed by atoms with E-state index in [9.17, 15) is 4.79 Å². The van der Waals surface area contributed by atoms with Gasteiger partial charge in [-0.25, -0.2) is 4.79 Å². The molecule has 0 aromatic heterocycles. The number of aliphatic carboxylic acids is 1. The van der Waals surface area contributed by atoms with Crippen molar-refractivity contribution in [2.75, 3.05) is 0 Å². The quantitative estimate of drug-likeness (QED) is 0.613. The predicted molar refractivity (Wildman–Crippen MR) is 40.1 cm³/mol. The molecule has 0 radical (unpaired) electrons. The van der Waals surface area contributed by atoms with Crippen molar-refractivity contribution >= 4 is 5.97 Å². The van der Waals surface area contributed by atoms with Crippen molar-refractivity contribution < 1.29 is 94.0 Å². The summed E-state index contributed by atoms with van der Waals surface area (Å²) in [6.07, 6.45) is -1.41. The van der Waals surface area contributed by atoms with E-state index in [1.54, 1.807) is 30.3 Å². The molecule has 0 aliphatic heterocycles. The second-order valence-corrected chi connectivity index (χ2v) is 2.15. The van der Waals surface area contributed by atoms with E-state index >= 15 is 0 Å². The minimum Gasteiger partial charge on any atom is -1.00 e. The number of aliphatic hydroxyl groups is 1. The van der Waals surface area contributed by atoms with Crippen LogP contribution in [0.1, 0.15) is 13.1 Å². The molecule has 0 heterocycles. The third kappa shape index (κ3) is 5.57. The zero-order valence-corrected chi connectivity index (χ0v) is 12.8. The van der Waals surface area contributed by atoms with Crippen LogP contribution in [0.25, 0.3) is 0 Å². The minimum absolute atomic E-state index is 0. The van der Waals surface area contributed by atoms with E-state index < -0.39 is 12.1 Å². The number of hydrogen-bond acceptors (Lipinski definition) is 2. The summed E-state index contributed by atoms with van der Waals surface area (Å²) in [5.74, 6) is -1.23. The fraction of sp³-hybridized carbons (Fsp3) is 0.125. The summed E-state index contributed by atoms with van der Waals surface area (Å²) in [6.45, 7) is 0. The van der Waals surface area contributed by atoms with Gasteiger partial charge in [-0.05, 0) is 5.56 Å². The molecular weight excluding hydrogens is 274 g/mol. The number of carbonyl (C=O) groups is 1. The summed E-state index contributed by atoms with van der Waals surface area (Å²) in [7, 11) is 0. The molecule has 5 heteroatoms. The van der Waals surface area contributed by atoms with Crippen LogP contribution in [0, 0.1) is 0 Å². The Morgan fingerprint density at radius 1 is 1.31 bits per heavy atom. The van der Waals surface area contributed by atoms with Crippen LogP contribution >= 0.6 is 0 Å². The number of carboxylic acids is 1. The maximum atomic E-state index is 10.2. The summed E-state index contributed by atoms with van der Waals surface area (Å²) in [5, 5.41) is 17.4. The van der Waals surface area contributed by atoms with Crippen LogP contribution in [-0.2, 0) is 31.0 Å². The van der Waals surface area contributed by atoms with E-state index in [2.05, 4.69) is 0 Å². The van der Waals surface area contributed by atoms with E-state index in [4.69, 9.17) is 10.2 Å². The van der Waals surface area contributed by atoms with Crippen molar-refractivity contribution in [2.45, 2.75) is 6.10 Å². The van der Waals surface area contributed by atoms with Crippen molar-refractivity contribution in [2.24, 2.45) is 0 Å². The number of aliphatic hydroxyl groups excluding tert-OH is 1. The molecule has 0 amide bonds. The average Bonchev–Trinajstić information content (AvgIpc) is 2.05. The smallest absolute Gasteiger partial charge is 1.00 e. The Labute approximate surface area is 140 Å². The Morgan fingerprint density at radius 3 is 2.15 bits per heavy atom. The Bertz CT molecular complexity index is 258. The normalized spacial score (nSPS) is 10.5. The minimum atomic E-state index is -1.41. The molecule has 13 heavy (non-hydrogen) atoms. The standard InChI is InChI=1S/C8H8O3.K.Zr.H/c9-7(8(10)11)6-4-2-1-3-5-6;;;/h1-5,7,9H,(H,10,11);;;/q;+1;;-1. The van der Waals surface area contributed by atoms with E-state index in [1.807, 2.05) is 0 Å². The topological polar surface area (TPSA) is 57.5 Å². The van der Waals surface area contributed by atoms with E-state index in [0.717, 1.165) is 0 Å². The van der Waals surface area contributed by atoms with Crippen molar-refractivity contribution in [3.05, 3.63) is 35.9 Å². The molecule has 1 unspecified atom stereocenters. The van der Waals surface area contributed by atoms with E-state index in [-0.39, 0.29) is 79.0 Å². The van der Waals surface area contributed by atoms with Gasteiger partial charge in [-0.1, -0.05) is 30.3 Å². The van der Waals surface area contributed by atoms with Gasteiger partial charge in [0.25, 0.3) is 0 Å². The van der Waals surface area contributed by atoms with Gasteiger partial charge in [0.1, 0.15) is 0 Å². The molecule has 0 aliphatic carbocycles. The second-order valence-electron chi connectivity index (χ2n) is 2.15. The Balaban J connectivity index is -0.000000403. The molecule has 64 valence electrons. The van der Waals surface area contributed by atoms with Crippen LogP contribution in [0.3, 0.4) is 0 Å². The molecule has 0 spiro atoms. The van der Waals surface area contributed by atoms with Crippen LogP contribution in [0.5, 0.6) is 0 Å². The molecule has 3 nitrogen and oxygen atoms in total. The van der Waals surface area contributed by atoms with Crippen LogP contribution < -0.4 is 51.4 Å². The molecule has 0 saturated carbocycles. The van der Waals surface area contributed by atoms with Crippen molar-refractivity contribution in [1.29, 1.82) is 0 Å². The summed E-state index contributed by atoms with van der Waals surface area (Å²) < 4.78 is 0. The van der Waals surface area contributed by atoms with Gasteiger partial charge in [-0.15, -0.1) is 0 Å². The average molecular weight is 283 g/mol. The van der Waals surface area contributed by atoms with Crippen molar-refractivity contribution in [3.8, 4) is 0 Å². The van der Waals surface area contributed by atoms with Crippen molar-refractivity contribution in [1.82, 2.24) is 0 Å². The molecule has 1 aromatic rings. The molecule has 0 saturated heterocycles. The van der Waals surface area contributed by atoms with Gasteiger partial charge in [0.05, 0.1) is 0 Å². The van der Waals surface area contributed by atoms with Crippen LogP contribution in [0.2, 0.25) is 0 Å². The third-order valence-electron chi connectivity index (χ3n) is 1.35. The van der Waals surface area contributed by atoms with Gasteiger partial charge in [0, 0.05) is 26.2 Å². The van der Waals surface area contributed by atoms with Crippen LogP contribution in [-0.4, -0.2) is 16.2 Å². The summed E-state index contributed by atoms with van der Waals surface area (Å²) in [6, 6.07) is 8.26. The maximum Gasteiger partial charge on any atom is 1.00 e. The maximum absolute atomic E-state index is 10.2. The fourth-order valence-corrected chi connectivity index (χ4v) is 0.778. The van der Waals surface area contributed by atoms with Gasteiger partial charge in [0.15, 0.2) is 6.10 Å².